The molecule has 0 amide bonds. The molecule has 0 heterocycles. The number of halogens is 2. The molecule has 17 heavy (non-hydrogen) atoms. The molecule has 1 rings (SSSR count). The van der Waals surface area contributed by atoms with Crippen LogP contribution in [-0.4, -0.2) is 19.7 Å². The summed E-state index contributed by atoms with van der Waals surface area (Å²) in [5, 5.41) is 0.534. The zero-order chi connectivity index (χ0) is 12.8. The maximum Gasteiger partial charge on any atom is 0.310 e. The summed E-state index contributed by atoms with van der Waals surface area (Å²) >= 11 is 3.29. The normalized spacial score (nSPS) is 10.1. The van der Waals surface area contributed by atoms with Gasteiger partial charge in [0.1, 0.15) is 11.6 Å². The number of benzene rings is 1. The predicted octanol–water partition coefficient (Wildman–Crippen LogP) is 2.83. The van der Waals surface area contributed by atoms with Gasteiger partial charge in [-0.05, 0) is 18.6 Å². The molecule has 0 fully saturated rings. The summed E-state index contributed by atoms with van der Waals surface area (Å²) in [6, 6.07) is 2.89. The first-order valence-electron chi connectivity index (χ1n) is 5.19. The number of ether oxygens (including phenoxy) is 2. The molecule has 0 aliphatic carbocycles. The largest absolute Gasteiger partial charge is 0.496 e. The van der Waals surface area contributed by atoms with Crippen LogP contribution in [0.15, 0.2) is 12.1 Å². The molecule has 0 spiro atoms. The Morgan fingerprint density at radius 1 is 1.41 bits per heavy atom. The smallest absolute Gasteiger partial charge is 0.310 e. The number of rotatable bonds is 5. The second-order valence-corrected chi connectivity index (χ2v) is 3.93. The van der Waals surface area contributed by atoms with Gasteiger partial charge >= 0.3 is 5.97 Å². The van der Waals surface area contributed by atoms with Gasteiger partial charge in [-0.25, -0.2) is 4.39 Å². The first-order chi connectivity index (χ1) is 8.12. The fourth-order valence-corrected chi connectivity index (χ4v) is 1.89. The molecular weight excluding hydrogens is 291 g/mol. The Morgan fingerprint density at radius 3 is 2.65 bits per heavy atom. The van der Waals surface area contributed by atoms with Gasteiger partial charge in [-0.2, -0.15) is 0 Å². The van der Waals surface area contributed by atoms with E-state index in [-0.39, 0.29) is 6.42 Å². The Balaban J connectivity index is 2.96. The third-order valence-electron chi connectivity index (χ3n) is 2.23. The molecule has 0 aliphatic heterocycles. The van der Waals surface area contributed by atoms with Gasteiger partial charge in [-0.1, -0.05) is 15.9 Å². The molecule has 0 saturated heterocycles. The van der Waals surface area contributed by atoms with Gasteiger partial charge in [0.05, 0.1) is 20.1 Å². The Morgan fingerprint density at radius 2 is 2.12 bits per heavy atom. The lowest BCUT2D eigenvalue weighted by Crippen LogP contribution is -2.09. The van der Waals surface area contributed by atoms with Crippen molar-refractivity contribution in [2.75, 3.05) is 13.7 Å². The number of esters is 1. The van der Waals surface area contributed by atoms with Crippen LogP contribution in [0.2, 0.25) is 0 Å². The molecule has 0 unspecified atom stereocenters. The van der Waals surface area contributed by atoms with Crippen molar-refractivity contribution in [1.82, 2.24) is 0 Å². The molecule has 3 nitrogen and oxygen atoms in total. The first-order valence-corrected chi connectivity index (χ1v) is 6.31. The van der Waals surface area contributed by atoms with E-state index in [0.717, 1.165) is 5.56 Å². The monoisotopic (exact) mass is 304 g/mol. The van der Waals surface area contributed by atoms with Crippen LogP contribution in [0.5, 0.6) is 5.75 Å². The Kier molecular flexibility index (Phi) is 5.41. The van der Waals surface area contributed by atoms with E-state index in [2.05, 4.69) is 15.9 Å². The van der Waals surface area contributed by atoms with Crippen molar-refractivity contribution in [3.8, 4) is 5.75 Å². The van der Waals surface area contributed by atoms with Crippen LogP contribution in [0.4, 0.5) is 4.39 Å². The molecule has 0 atom stereocenters. The highest BCUT2D eigenvalue weighted by molar-refractivity contribution is 9.08. The summed E-state index contributed by atoms with van der Waals surface area (Å²) in [5.41, 5.74) is 1.12. The summed E-state index contributed by atoms with van der Waals surface area (Å²) in [5.74, 6) is -0.427. The summed E-state index contributed by atoms with van der Waals surface area (Å²) in [7, 11) is 1.48. The molecule has 0 aliphatic rings. The maximum absolute atomic E-state index is 13.7. The molecular formula is C12H14BrFO3. The molecule has 0 radical (unpaired) electrons. The van der Waals surface area contributed by atoms with Gasteiger partial charge in [0.15, 0.2) is 0 Å². The average molecular weight is 305 g/mol. The van der Waals surface area contributed by atoms with E-state index in [1.54, 1.807) is 13.0 Å². The van der Waals surface area contributed by atoms with E-state index >= 15 is 0 Å². The third-order valence-corrected chi connectivity index (χ3v) is 2.84. The van der Waals surface area contributed by atoms with Crippen LogP contribution < -0.4 is 4.74 Å². The van der Waals surface area contributed by atoms with Gasteiger partial charge in [0.25, 0.3) is 0 Å². The van der Waals surface area contributed by atoms with Crippen LogP contribution in [-0.2, 0) is 21.3 Å². The van der Waals surface area contributed by atoms with Crippen molar-refractivity contribution in [2.24, 2.45) is 0 Å². The summed E-state index contributed by atoms with van der Waals surface area (Å²) < 4.78 is 23.5. The highest BCUT2D eigenvalue weighted by atomic mass is 79.9. The highest BCUT2D eigenvalue weighted by Gasteiger charge is 2.13. The Bertz CT molecular complexity index is 407. The van der Waals surface area contributed by atoms with Crippen molar-refractivity contribution in [2.45, 2.75) is 18.7 Å². The van der Waals surface area contributed by atoms with Crippen molar-refractivity contribution in [3.63, 3.8) is 0 Å². The van der Waals surface area contributed by atoms with E-state index in [1.165, 1.54) is 13.2 Å². The standard InChI is InChI=1S/C12H14BrFO3/c1-3-17-12(15)5-8-4-9(7-13)11(16-2)6-10(8)14/h4,6H,3,5,7H2,1-2H3. The Hall–Kier alpha value is -1.10. The molecule has 0 saturated carbocycles. The topological polar surface area (TPSA) is 35.5 Å². The number of hydrogen-bond acceptors (Lipinski definition) is 3. The molecule has 1 aromatic rings. The summed E-state index contributed by atoms with van der Waals surface area (Å²) in [4.78, 5) is 11.3. The van der Waals surface area contributed by atoms with E-state index in [9.17, 15) is 9.18 Å². The molecule has 5 heteroatoms. The lowest BCUT2D eigenvalue weighted by molar-refractivity contribution is -0.142. The maximum atomic E-state index is 13.7. The fraction of sp³-hybridized carbons (Fsp3) is 0.417. The zero-order valence-electron chi connectivity index (χ0n) is 9.76. The Labute approximate surface area is 108 Å². The summed E-state index contributed by atoms with van der Waals surface area (Å²) in [6.07, 6.45) is -0.0658. The number of alkyl halides is 1. The predicted molar refractivity (Wildman–Crippen MR) is 65.9 cm³/mol. The minimum absolute atomic E-state index is 0.0658. The average Bonchev–Trinajstić information content (AvgIpc) is 2.31. The van der Waals surface area contributed by atoms with E-state index in [1.807, 2.05) is 0 Å². The van der Waals surface area contributed by atoms with Gasteiger partial charge in [-0.15, -0.1) is 0 Å². The molecule has 0 bridgehead atoms. The molecule has 0 aromatic heterocycles. The van der Waals surface area contributed by atoms with Crippen molar-refractivity contribution in [3.05, 3.63) is 29.1 Å². The summed E-state index contributed by atoms with van der Waals surface area (Å²) in [6.45, 7) is 2.01. The minimum Gasteiger partial charge on any atom is -0.496 e. The fourth-order valence-electron chi connectivity index (χ4n) is 1.45. The zero-order valence-corrected chi connectivity index (χ0v) is 11.3. The molecule has 94 valence electrons. The van der Waals surface area contributed by atoms with Crippen molar-refractivity contribution in [1.29, 1.82) is 0 Å². The first kappa shape index (κ1) is 14.0. The highest BCUT2D eigenvalue weighted by Crippen LogP contribution is 2.25. The van der Waals surface area contributed by atoms with Crippen molar-refractivity contribution >= 4 is 21.9 Å². The van der Waals surface area contributed by atoms with E-state index in [0.29, 0.717) is 23.2 Å². The number of methoxy groups -OCH3 is 1. The quantitative estimate of drug-likeness (QED) is 0.620. The third kappa shape index (κ3) is 3.70. The molecule has 0 N–H and O–H groups in total. The van der Waals surface area contributed by atoms with Crippen LogP contribution >= 0.6 is 15.9 Å². The van der Waals surface area contributed by atoms with Crippen LogP contribution in [0.3, 0.4) is 0 Å². The lowest BCUT2D eigenvalue weighted by atomic mass is 10.1. The number of carbonyl (C=O) groups excluding carboxylic acids is 1. The van der Waals surface area contributed by atoms with Crippen LogP contribution in [0.1, 0.15) is 18.1 Å². The minimum atomic E-state index is -0.459. The number of carbonyl (C=O) groups is 1. The van der Waals surface area contributed by atoms with Gasteiger partial charge in [0.2, 0.25) is 0 Å². The molecule has 1 aromatic carbocycles. The van der Waals surface area contributed by atoms with Crippen molar-refractivity contribution < 1.29 is 18.7 Å². The van der Waals surface area contributed by atoms with Gasteiger partial charge in [-0.3, -0.25) is 4.79 Å². The number of hydrogen-bond donors (Lipinski definition) is 0. The van der Waals surface area contributed by atoms with E-state index in [4.69, 9.17) is 9.47 Å². The van der Waals surface area contributed by atoms with Gasteiger partial charge < -0.3 is 9.47 Å². The second-order valence-electron chi connectivity index (χ2n) is 3.37. The van der Waals surface area contributed by atoms with E-state index < -0.39 is 11.8 Å². The van der Waals surface area contributed by atoms with Gasteiger partial charge in [0, 0.05) is 17.0 Å². The lowest BCUT2D eigenvalue weighted by Gasteiger charge is -2.10. The second kappa shape index (κ2) is 6.59. The SMILES string of the molecule is CCOC(=O)Cc1cc(CBr)c(OC)cc1F. The van der Waals surface area contributed by atoms with Crippen LogP contribution in [0.25, 0.3) is 0 Å². The van der Waals surface area contributed by atoms with Crippen LogP contribution in [0, 0.1) is 5.82 Å².